The van der Waals surface area contributed by atoms with Gasteiger partial charge in [0.2, 0.25) is 0 Å². The summed E-state index contributed by atoms with van der Waals surface area (Å²) in [6, 6.07) is 0. The van der Waals surface area contributed by atoms with Crippen molar-refractivity contribution < 1.29 is 10.2 Å². The van der Waals surface area contributed by atoms with Crippen LogP contribution in [0.4, 0.5) is 0 Å². The lowest BCUT2D eigenvalue weighted by atomic mass is 9.92. The summed E-state index contributed by atoms with van der Waals surface area (Å²) in [5.41, 5.74) is -0.910. The number of rotatable bonds is 0. The Hall–Kier alpha value is -0.120. The van der Waals surface area contributed by atoms with Crippen LogP contribution in [0.5, 0.6) is 0 Å². The van der Waals surface area contributed by atoms with Gasteiger partial charge < -0.3 is 15.1 Å². The molecule has 0 aromatic heterocycles. The smallest absolute Gasteiger partial charge is 0.100 e. The lowest BCUT2D eigenvalue weighted by Crippen LogP contribution is -2.53. The Morgan fingerprint density at radius 3 is 2.60 bits per heavy atom. The van der Waals surface area contributed by atoms with Gasteiger partial charge in [-0.3, -0.25) is 0 Å². The van der Waals surface area contributed by atoms with Crippen LogP contribution in [0.25, 0.3) is 0 Å². The minimum absolute atomic E-state index is 0.552. The number of hydrogen-bond acceptors (Lipinski definition) is 3. The van der Waals surface area contributed by atoms with E-state index in [9.17, 15) is 10.2 Å². The number of nitrogens with zero attached hydrogens (tertiary/aromatic N) is 1. The summed E-state index contributed by atoms with van der Waals surface area (Å²) < 4.78 is 0. The van der Waals surface area contributed by atoms with Crippen LogP contribution in [0.15, 0.2) is 0 Å². The predicted molar refractivity (Wildman–Crippen MR) is 38.7 cm³/mol. The largest absolute Gasteiger partial charge is 0.390 e. The Balaban J connectivity index is 2.55. The van der Waals surface area contributed by atoms with Crippen molar-refractivity contribution in [3.05, 3.63) is 0 Å². The van der Waals surface area contributed by atoms with E-state index < -0.39 is 11.7 Å². The fourth-order valence-corrected chi connectivity index (χ4v) is 1.38. The van der Waals surface area contributed by atoms with Crippen molar-refractivity contribution in [2.45, 2.75) is 25.0 Å². The molecule has 2 N–H and O–H groups in total. The molecule has 0 aliphatic carbocycles. The quantitative estimate of drug-likeness (QED) is 0.480. The molecule has 0 spiro atoms. The van der Waals surface area contributed by atoms with Crippen molar-refractivity contribution in [1.82, 2.24) is 4.90 Å². The molecule has 1 rings (SSSR count). The van der Waals surface area contributed by atoms with E-state index in [0.717, 1.165) is 6.54 Å². The van der Waals surface area contributed by atoms with E-state index >= 15 is 0 Å². The third-order valence-corrected chi connectivity index (χ3v) is 2.09. The maximum atomic E-state index is 9.52. The minimum Gasteiger partial charge on any atom is -0.390 e. The zero-order chi connectivity index (χ0) is 7.78. The first-order chi connectivity index (χ1) is 4.52. The van der Waals surface area contributed by atoms with Crippen LogP contribution in [0.3, 0.4) is 0 Å². The summed E-state index contributed by atoms with van der Waals surface area (Å²) >= 11 is 0. The van der Waals surface area contributed by atoms with Crippen LogP contribution in [-0.2, 0) is 0 Å². The highest BCUT2D eigenvalue weighted by molar-refractivity contribution is 4.88. The first-order valence-corrected chi connectivity index (χ1v) is 3.61. The van der Waals surface area contributed by atoms with Gasteiger partial charge in [-0.05, 0) is 20.4 Å². The van der Waals surface area contributed by atoms with Crippen molar-refractivity contribution in [3.63, 3.8) is 0 Å². The molecule has 1 heterocycles. The molecule has 0 aromatic carbocycles. The van der Waals surface area contributed by atoms with E-state index in [-0.39, 0.29) is 0 Å². The summed E-state index contributed by atoms with van der Waals surface area (Å²) in [6.45, 7) is 3.11. The lowest BCUT2D eigenvalue weighted by molar-refractivity contribution is -0.104. The molecule has 2 atom stereocenters. The zero-order valence-corrected chi connectivity index (χ0v) is 6.54. The Labute approximate surface area is 61.3 Å². The van der Waals surface area contributed by atoms with Crippen LogP contribution < -0.4 is 0 Å². The molecule has 0 radical (unpaired) electrons. The number of piperidine rings is 1. The Bertz CT molecular complexity index is 125. The number of likely N-dealkylation sites (N-methyl/N-ethyl adjacent to an activating group) is 1. The Morgan fingerprint density at radius 2 is 2.20 bits per heavy atom. The second kappa shape index (κ2) is 2.49. The van der Waals surface area contributed by atoms with Gasteiger partial charge in [-0.15, -0.1) is 0 Å². The summed E-state index contributed by atoms with van der Waals surface area (Å²) in [4.78, 5) is 2.02. The molecular weight excluding hydrogens is 130 g/mol. The average Bonchev–Trinajstić information content (AvgIpc) is 1.78. The fourth-order valence-electron chi connectivity index (χ4n) is 1.38. The number of hydrogen-bond donors (Lipinski definition) is 2. The molecule has 3 nitrogen and oxygen atoms in total. The van der Waals surface area contributed by atoms with Crippen LogP contribution in [-0.4, -0.2) is 47.0 Å². The van der Waals surface area contributed by atoms with E-state index in [4.69, 9.17) is 0 Å². The van der Waals surface area contributed by atoms with E-state index in [2.05, 4.69) is 0 Å². The van der Waals surface area contributed by atoms with Crippen molar-refractivity contribution in [2.24, 2.45) is 0 Å². The number of aliphatic hydroxyl groups excluding tert-OH is 1. The number of aliphatic hydroxyl groups is 2. The maximum Gasteiger partial charge on any atom is 0.100 e. The van der Waals surface area contributed by atoms with Gasteiger partial charge in [-0.1, -0.05) is 0 Å². The summed E-state index contributed by atoms with van der Waals surface area (Å²) in [6.07, 6.45) is 0.118. The normalized spacial score (nSPS) is 43.8. The Morgan fingerprint density at radius 1 is 1.60 bits per heavy atom. The van der Waals surface area contributed by atoms with Gasteiger partial charge in [0, 0.05) is 13.1 Å². The second-order valence-corrected chi connectivity index (χ2v) is 3.40. The van der Waals surface area contributed by atoms with Crippen LogP contribution in [0, 0.1) is 0 Å². The van der Waals surface area contributed by atoms with Gasteiger partial charge >= 0.3 is 0 Å². The van der Waals surface area contributed by atoms with Gasteiger partial charge in [-0.2, -0.15) is 0 Å². The van der Waals surface area contributed by atoms with Crippen LogP contribution in [0.1, 0.15) is 13.3 Å². The molecule has 0 saturated carbocycles. The Kier molecular flexibility index (Phi) is 1.99. The minimum atomic E-state index is -0.910. The summed E-state index contributed by atoms with van der Waals surface area (Å²) in [5.74, 6) is 0. The third-order valence-electron chi connectivity index (χ3n) is 2.09. The van der Waals surface area contributed by atoms with Crippen LogP contribution >= 0.6 is 0 Å². The van der Waals surface area contributed by atoms with E-state index in [1.807, 2.05) is 11.9 Å². The molecule has 0 bridgehead atoms. The summed E-state index contributed by atoms with van der Waals surface area (Å²) in [5, 5.41) is 18.8. The third kappa shape index (κ3) is 1.48. The average molecular weight is 145 g/mol. The van der Waals surface area contributed by atoms with Crippen molar-refractivity contribution in [3.8, 4) is 0 Å². The van der Waals surface area contributed by atoms with Gasteiger partial charge in [0.1, 0.15) is 5.60 Å². The first kappa shape index (κ1) is 7.98. The highest BCUT2D eigenvalue weighted by Gasteiger charge is 2.35. The topological polar surface area (TPSA) is 43.7 Å². The van der Waals surface area contributed by atoms with E-state index in [0.29, 0.717) is 13.0 Å². The molecule has 1 saturated heterocycles. The SMILES string of the molecule is CN1CC[C@H](O)[C@](C)(O)C1. The number of β-amino-alcohol motifs (C(OH)–C–C–N with tert-alkyl or cyclic N) is 1. The first-order valence-electron chi connectivity index (χ1n) is 3.61. The van der Waals surface area contributed by atoms with Gasteiger partial charge in [-0.25, -0.2) is 0 Å². The van der Waals surface area contributed by atoms with Crippen molar-refractivity contribution in [2.75, 3.05) is 20.1 Å². The molecule has 3 heteroatoms. The van der Waals surface area contributed by atoms with E-state index in [1.54, 1.807) is 6.92 Å². The molecule has 1 aliphatic rings. The van der Waals surface area contributed by atoms with E-state index in [1.165, 1.54) is 0 Å². The fraction of sp³-hybridized carbons (Fsp3) is 1.00. The molecule has 60 valence electrons. The van der Waals surface area contributed by atoms with Gasteiger partial charge in [0.05, 0.1) is 6.10 Å². The highest BCUT2D eigenvalue weighted by Crippen LogP contribution is 2.19. The van der Waals surface area contributed by atoms with Crippen molar-refractivity contribution in [1.29, 1.82) is 0 Å². The van der Waals surface area contributed by atoms with Crippen LogP contribution in [0.2, 0.25) is 0 Å². The monoisotopic (exact) mass is 145 g/mol. The second-order valence-electron chi connectivity index (χ2n) is 3.40. The highest BCUT2D eigenvalue weighted by atomic mass is 16.3. The molecule has 10 heavy (non-hydrogen) atoms. The predicted octanol–water partition coefficient (Wildman–Crippen LogP) is -0.566. The molecule has 0 aromatic rings. The van der Waals surface area contributed by atoms with Gasteiger partial charge in [0.15, 0.2) is 0 Å². The molecular formula is C7H15NO2. The maximum absolute atomic E-state index is 9.52. The lowest BCUT2D eigenvalue weighted by Gasteiger charge is -2.38. The zero-order valence-electron chi connectivity index (χ0n) is 6.54. The molecule has 0 unspecified atom stereocenters. The number of likely N-dealkylation sites (tertiary alicyclic amines) is 1. The summed E-state index contributed by atoms with van der Waals surface area (Å²) in [7, 11) is 1.94. The standard InChI is InChI=1S/C7H15NO2/c1-7(10)5-8(2)4-3-6(7)9/h6,9-10H,3-5H2,1-2H3/t6-,7+/m0/s1. The molecule has 1 aliphatic heterocycles. The molecule has 1 fully saturated rings. The van der Waals surface area contributed by atoms with Crippen molar-refractivity contribution >= 4 is 0 Å². The molecule has 0 amide bonds. The van der Waals surface area contributed by atoms with Gasteiger partial charge in [0.25, 0.3) is 0 Å².